The average molecular weight is 299 g/mol. The minimum atomic E-state index is -0.419. The third-order valence-electron chi connectivity index (χ3n) is 3.80. The van der Waals surface area contributed by atoms with E-state index >= 15 is 0 Å². The van der Waals surface area contributed by atoms with Crippen LogP contribution in [0.1, 0.15) is 50.7 Å². The molecular weight excluding hydrogens is 278 g/mol. The molecule has 0 unspecified atom stereocenters. The number of non-ortho nitro benzene ring substituents is 1. The van der Waals surface area contributed by atoms with Crippen LogP contribution in [0.2, 0.25) is 0 Å². The van der Waals surface area contributed by atoms with Crippen LogP contribution in [0.15, 0.2) is 36.4 Å². The monoisotopic (exact) mass is 299 g/mol. The van der Waals surface area contributed by atoms with Gasteiger partial charge < -0.3 is 5.11 Å². The van der Waals surface area contributed by atoms with Crippen LogP contribution >= 0.6 is 0 Å². The van der Waals surface area contributed by atoms with Crippen molar-refractivity contribution in [2.45, 2.75) is 39.5 Å². The molecule has 0 fully saturated rings. The number of hydrogen-bond donors (Lipinski definition) is 1. The molecular formula is C18H21NO3. The van der Waals surface area contributed by atoms with Gasteiger partial charge in [-0.15, -0.1) is 0 Å². The number of benzene rings is 2. The summed E-state index contributed by atoms with van der Waals surface area (Å²) in [6.07, 6.45) is 0. The normalized spacial score (nSPS) is 11.2. The fraction of sp³-hybridized carbons (Fsp3) is 0.333. The Bertz CT molecular complexity index is 705. The fourth-order valence-corrected chi connectivity index (χ4v) is 2.55. The highest BCUT2D eigenvalue weighted by Gasteiger charge is 2.18. The SMILES string of the molecule is CC(C)c1cc(O)c(-c2cccc([N+](=O)[O-])c2)c(C(C)C)c1. The van der Waals surface area contributed by atoms with Crippen LogP contribution in [-0.4, -0.2) is 10.0 Å². The maximum atomic E-state index is 11.0. The first-order valence-electron chi connectivity index (χ1n) is 7.43. The third-order valence-corrected chi connectivity index (χ3v) is 3.80. The lowest BCUT2D eigenvalue weighted by atomic mass is 9.87. The van der Waals surface area contributed by atoms with Crippen LogP contribution in [0, 0.1) is 10.1 Å². The third kappa shape index (κ3) is 3.11. The second-order valence-electron chi connectivity index (χ2n) is 6.12. The Labute approximate surface area is 130 Å². The zero-order valence-corrected chi connectivity index (χ0v) is 13.3. The van der Waals surface area contributed by atoms with Gasteiger partial charge in [0.05, 0.1) is 4.92 Å². The molecule has 0 aromatic heterocycles. The molecule has 22 heavy (non-hydrogen) atoms. The van der Waals surface area contributed by atoms with Crippen LogP contribution < -0.4 is 0 Å². The molecule has 0 amide bonds. The molecule has 0 saturated heterocycles. The van der Waals surface area contributed by atoms with Gasteiger partial charge in [0.15, 0.2) is 0 Å². The molecule has 0 aliphatic rings. The molecule has 0 aliphatic carbocycles. The summed E-state index contributed by atoms with van der Waals surface area (Å²) in [5, 5.41) is 21.5. The molecule has 4 heteroatoms. The van der Waals surface area contributed by atoms with Crippen molar-refractivity contribution in [2.24, 2.45) is 0 Å². The highest BCUT2D eigenvalue weighted by molar-refractivity contribution is 5.76. The number of aromatic hydroxyl groups is 1. The van der Waals surface area contributed by atoms with Crippen molar-refractivity contribution < 1.29 is 10.0 Å². The van der Waals surface area contributed by atoms with Crippen molar-refractivity contribution in [1.82, 2.24) is 0 Å². The highest BCUT2D eigenvalue weighted by atomic mass is 16.6. The summed E-state index contributed by atoms with van der Waals surface area (Å²) >= 11 is 0. The van der Waals surface area contributed by atoms with Crippen molar-refractivity contribution in [3.63, 3.8) is 0 Å². The summed E-state index contributed by atoms with van der Waals surface area (Å²) in [6.45, 7) is 8.26. The van der Waals surface area contributed by atoms with Crippen molar-refractivity contribution in [3.05, 3.63) is 57.6 Å². The molecule has 0 saturated carbocycles. The van der Waals surface area contributed by atoms with E-state index in [0.29, 0.717) is 17.0 Å². The van der Waals surface area contributed by atoms with Gasteiger partial charge in [-0.2, -0.15) is 0 Å². The molecule has 0 aliphatic heterocycles. The van der Waals surface area contributed by atoms with Crippen molar-refractivity contribution in [1.29, 1.82) is 0 Å². The Morgan fingerprint density at radius 3 is 2.27 bits per heavy atom. The largest absolute Gasteiger partial charge is 0.507 e. The second kappa shape index (κ2) is 6.18. The van der Waals surface area contributed by atoms with Crippen LogP contribution in [0.4, 0.5) is 5.69 Å². The standard InChI is InChI=1S/C18H21NO3/c1-11(2)14-9-16(12(3)4)18(17(20)10-14)13-6-5-7-15(8-13)19(21)22/h5-12,20H,1-4H3. The topological polar surface area (TPSA) is 63.4 Å². The molecule has 0 heterocycles. The van der Waals surface area contributed by atoms with E-state index in [-0.39, 0.29) is 17.4 Å². The minimum Gasteiger partial charge on any atom is -0.507 e. The molecule has 2 rings (SSSR count). The van der Waals surface area contributed by atoms with E-state index in [2.05, 4.69) is 33.8 Å². The predicted octanol–water partition coefficient (Wildman–Crippen LogP) is 5.21. The van der Waals surface area contributed by atoms with E-state index in [0.717, 1.165) is 11.1 Å². The zero-order chi connectivity index (χ0) is 16.4. The van der Waals surface area contributed by atoms with Gasteiger partial charge in [0.25, 0.3) is 5.69 Å². The van der Waals surface area contributed by atoms with Crippen molar-refractivity contribution in [2.75, 3.05) is 0 Å². The lowest BCUT2D eigenvalue weighted by Crippen LogP contribution is -1.98. The molecule has 0 radical (unpaired) electrons. The van der Waals surface area contributed by atoms with Gasteiger partial charge in [0, 0.05) is 17.7 Å². The lowest BCUT2D eigenvalue weighted by Gasteiger charge is -2.18. The number of rotatable bonds is 4. The lowest BCUT2D eigenvalue weighted by molar-refractivity contribution is -0.384. The number of phenols is 1. The predicted molar refractivity (Wildman–Crippen MR) is 88.4 cm³/mol. The maximum absolute atomic E-state index is 11.0. The van der Waals surface area contributed by atoms with Gasteiger partial charge in [-0.25, -0.2) is 0 Å². The summed E-state index contributed by atoms with van der Waals surface area (Å²) < 4.78 is 0. The maximum Gasteiger partial charge on any atom is 0.270 e. The fourth-order valence-electron chi connectivity index (χ4n) is 2.55. The summed E-state index contributed by atoms with van der Waals surface area (Å²) in [5.41, 5.74) is 3.45. The smallest absolute Gasteiger partial charge is 0.270 e. The van der Waals surface area contributed by atoms with E-state index in [1.165, 1.54) is 12.1 Å². The molecule has 0 spiro atoms. The van der Waals surface area contributed by atoms with E-state index in [1.807, 2.05) is 0 Å². The summed E-state index contributed by atoms with van der Waals surface area (Å²) in [7, 11) is 0. The Balaban J connectivity index is 2.69. The van der Waals surface area contributed by atoms with Gasteiger partial charge in [-0.3, -0.25) is 10.1 Å². The number of nitrogens with zero attached hydrogens (tertiary/aromatic N) is 1. The van der Waals surface area contributed by atoms with Crippen LogP contribution in [0.5, 0.6) is 5.75 Å². The summed E-state index contributed by atoms with van der Waals surface area (Å²) in [4.78, 5) is 10.6. The van der Waals surface area contributed by atoms with Crippen LogP contribution in [0.3, 0.4) is 0 Å². The Hall–Kier alpha value is -2.36. The minimum absolute atomic E-state index is 0.0274. The van der Waals surface area contributed by atoms with Gasteiger partial charge >= 0.3 is 0 Å². The number of phenolic OH excluding ortho intramolecular Hbond substituents is 1. The van der Waals surface area contributed by atoms with Gasteiger partial charge in [0.1, 0.15) is 5.75 Å². The first kappa shape index (κ1) is 16.0. The average Bonchev–Trinajstić information content (AvgIpc) is 2.46. The molecule has 4 nitrogen and oxygen atoms in total. The van der Waals surface area contributed by atoms with Gasteiger partial charge in [0.2, 0.25) is 0 Å². The second-order valence-corrected chi connectivity index (χ2v) is 6.12. The van der Waals surface area contributed by atoms with Crippen molar-refractivity contribution in [3.8, 4) is 16.9 Å². The quantitative estimate of drug-likeness (QED) is 0.622. The van der Waals surface area contributed by atoms with Gasteiger partial charge in [-0.05, 0) is 34.6 Å². The molecule has 2 aromatic carbocycles. The molecule has 2 aromatic rings. The van der Waals surface area contributed by atoms with E-state index in [1.54, 1.807) is 18.2 Å². The van der Waals surface area contributed by atoms with E-state index in [4.69, 9.17) is 0 Å². The van der Waals surface area contributed by atoms with Crippen LogP contribution in [0.25, 0.3) is 11.1 Å². The first-order chi connectivity index (χ1) is 10.3. The molecule has 1 N–H and O–H groups in total. The summed E-state index contributed by atoms with van der Waals surface area (Å²) in [6, 6.07) is 10.2. The van der Waals surface area contributed by atoms with Crippen molar-refractivity contribution >= 4 is 5.69 Å². The molecule has 0 atom stereocenters. The Morgan fingerprint density at radius 1 is 1.05 bits per heavy atom. The Morgan fingerprint density at radius 2 is 1.73 bits per heavy atom. The number of hydrogen-bond acceptors (Lipinski definition) is 3. The van der Waals surface area contributed by atoms with Gasteiger partial charge in [-0.1, -0.05) is 45.9 Å². The molecule has 116 valence electrons. The number of nitro benzene ring substituents is 1. The zero-order valence-electron chi connectivity index (χ0n) is 13.3. The van der Waals surface area contributed by atoms with E-state index in [9.17, 15) is 15.2 Å². The molecule has 0 bridgehead atoms. The van der Waals surface area contributed by atoms with E-state index < -0.39 is 4.92 Å². The number of nitro groups is 1. The highest BCUT2D eigenvalue weighted by Crippen LogP contribution is 2.40. The first-order valence-corrected chi connectivity index (χ1v) is 7.43. The Kier molecular flexibility index (Phi) is 4.50. The summed E-state index contributed by atoms with van der Waals surface area (Å²) in [5.74, 6) is 0.691. The van der Waals surface area contributed by atoms with Crippen LogP contribution in [-0.2, 0) is 0 Å².